The third-order valence-electron chi connectivity index (χ3n) is 2.02. The van der Waals surface area contributed by atoms with Crippen LogP contribution in [-0.2, 0) is 4.79 Å². The summed E-state index contributed by atoms with van der Waals surface area (Å²) in [5.74, 6) is -0.0569. The van der Waals surface area contributed by atoms with Crippen LogP contribution < -0.4 is 4.90 Å². The summed E-state index contributed by atoms with van der Waals surface area (Å²) in [5, 5.41) is 0.319. The molecule has 88 valence electrons. The van der Waals surface area contributed by atoms with Crippen molar-refractivity contribution in [3.05, 3.63) is 21.9 Å². The van der Waals surface area contributed by atoms with Crippen molar-refractivity contribution >= 4 is 39.1 Å². The number of hydrogen-bond acceptors (Lipinski definition) is 2. The summed E-state index contributed by atoms with van der Waals surface area (Å²) < 4.78 is 0.652. The standard InChI is InChI=1S/C11H14BrClN2O/c1-7(16)15(11(2,3)4)8-5-6-9(12)14-10(8)13/h5-6H,1-4H3. The molecule has 1 aromatic rings. The van der Waals surface area contributed by atoms with Crippen LogP contribution in [0, 0.1) is 0 Å². The molecule has 0 N–H and O–H groups in total. The quantitative estimate of drug-likeness (QED) is 0.742. The molecule has 0 fully saturated rings. The van der Waals surface area contributed by atoms with E-state index in [0.29, 0.717) is 15.4 Å². The summed E-state index contributed by atoms with van der Waals surface area (Å²) in [6.07, 6.45) is 0. The van der Waals surface area contributed by atoms with E-state index in [1.54, 1.807) is 17.0 Å². The molecule has 1 aromatic heterocycles. The Labute approximate surface area is 109 Å². The molecule has 0 aliphatic rings. The first kappa shape index (κ1) is 13.5. The number of hydrogen-bond donors (Lipinski definition) is 0. The molecular formula is C11H14BrClN2O. The highest BCUT2D eigenvalue weighted by molar-refractivity contribution is 9.10. The second-order valence-corrected chi connectivity index (χ2v) is 5.64. The lowest BCUT2D eigenvalue weighted by atomic mass is 10.1. The van der Waals surface area contributed by atoms with E-state index in [-0.39, 0.29) is 11.4 Å². The van der Waals surface area contributed by atoms with Crippen LogP contribution in [0.2, 0.25) is 5.15 Å². The number of rotatable bonds is 1. The van der Waals surface area contributed by atoms with Gasteiger partial charge in [-0.25, -0.2) is 4.98 Å². The molecule has 0 aliphatic carbocycles. The van der Waals surface area contributed by atoms with Crippen molar-refractivity contribution in [3.63, 3.8) is 0 Å². The Balaban J connectivity index is 3.28. The molecule has 0 spiro atoms. The first-order valence-electron chi connectivity index (χ1n) is 4.86. The Bertz CT molecular complexity index is 415. The van der Waals surface area contributed by atoms with Crippen LogP contribution in [0.25, 0.3) is 0 Å². The number of pyridine rings is 1. The van der Waals surface area contributed by atoms with Gasteiger partial charge in [0, 0.05) is 12.5 Å². The van der Waals surface area contributed by atoms with Crippen LogP contribution in [0.4, 0.5) is 5.69 Å². The van der Waals surface area contributed by atoms with E-state index >= 15 is 0 Å². The monoisotopic (exact) mass is 304 g/mol. The topological polar surface area (TPSA) is 33.2 Å². The minimum atomic E-state index is -0.328. The van der Waals surface area contributed by atoms with Gasteiger partial charge < -0.3 is 4.90 Å². The molecule has 5 heteroatoms. The van der Waals surface area contributed by atoms with Gasteiger partial charge in [-0.15, -0.1) is 0 Å². The van der Waals surface area contributed by atoms with E-state index in [9.17, 15) is 4.79 Å². The van der Waals surface area contributed by atoms with Crippen LogP contribution in [0.3, 0.4) is 0 Å². The Morgan fingerprint density at radius 2 is 2.00 bits per heavy atom. The number of carbonyl (C=O) groups is 1. The molecule has 1 heterocycles. The predicted molar refractivity (Wildman–Crippen MR) is 69.9 cm³/mol. The number of amides is 1. The molecule has 0 radical (unpaired) electrons. The Kier molecular flexibility index (Phi) is 3.97. The molecule has 16 heavy (non-hydrogen) atoms. The molecule has 0 saturated heterocycles. The Morgan fingerprint density at radius 3 is 2.38 bits per heavy atom. The molecule has 1 amide bonds. The van der Waals surface area contributed by atoms with Crippen molar-refractivity contribution in [1.29, 1.82) is 0 Å². The van der Waals surface area contributed by atoms with E-state index < -0.39 is 0 Å². The van der Waals surface area contributed by atoms with Gasteiger partial charge in [0.25, 0.3) is 0 Å². The lowest BCUT2D eigenvalue weighted by molar-refractivity contribution is -0.117. The second kappa shape index (κ2) is 4.72. The number of carbonyl (C=O) groups excluding carboxylic acids is 1. The SMILES string of the molecule is CC(=O)N(c1ccc(Br)nc1Cl)C(C)(C)C. The summed E-state index contributed by atoms with van der Waals surface area (Å²) in [6, 6.07) is 3.55. The van der Waals surface area contributed by atoms with Crippen molar-refractivity contribution in [2.45, 2.75) is 33.2 Å². The zero-order valence-corrected chi connectivity index (χ0v) is 12.1. The minimum absolute atomic E-state index is 0.0569. The normalized spacial score (nSPS) is 11.4. The van der Waals surface area contributed by atoms with Crippen molar-refractivity contribution < 1.29 is 4.79 Å². The zero-order valence-electron chi connectivity index (χ0n) is 9.71. The number of halogens is 2. The molecule has 0 saturated carbocycles. The van der Waals surface area contributed by atoms with E-state index in [1.807, 2.05) is 20.8 Å². The van der Waals surface area contributed by atoms with Gasteiger partial charge in [-0.2, -0.15) is 0 Å². The number of aromatic nitrogens is 1. The summed E-state index contributed by atoms with van der Waals surface area (Å²) >= 11 is 9.27. The molecule has 1 rings (SSSR count). The second-order valence-electron chi connectivity index (χ2n) is 4.47. The van der Waals surface area contributed by atoms with E-state index in [1.165, 1.54) is 6.92 Å². The highest BCUT2D eigenvalue weighted by Gasteiger charge is 2.27. The maximum Gasteiger partial charge on any atom is 0.224 e. The van der Waals surface area contributed by atoms with E-state index in [2.05, 4.69) is 20.9 Å². The van der Waals surface area contributed by atoms with Crippen LogP contribution in [0.5, 0.6) is 0 Å². The molecular weight excluding hydrogens is 291 g/mol. The first-order valence-corrected chi connectivity index (χ1v) is 6.03. The molecule has 0 unspecified atom stereocenters. The Morgan fingerprint density at radius 1 is 1.44 bits per heavy atom. The number of nitrogens with zero attached hydrogens (tertiary/aromatic N) is 2. The van der Waals surface area contributed by atoms with Crippen LogP contribution >= 0.6 is 27.5 Å². The van der Waals surface area contributed by atoms with Crippen molar-refractivity contribution in [1.82, 2.24) is 4.98 Å². The largest absolute Gasteiger partial charge is 0.304 e. The van der Waals surface area contributed by atoms with Crippen LogP contribution in [0.15, 0.2) is 16.7 Å². The average Bonchev–Trinajstić information content (AvgIpc) is 2.06. The number of anilines is 1. The lowest BCUT2D eigenvalue weighted by Crippen LogP contribution is -2.45. The first-order chi connectivity index (χ1) is 7.23. The predicted octanol–water partition coefficient (Wildman–Crippen LogP) is 3.65. The van der Waals surface area contributed by atoms with Crippen LogP contribution in [0.1, 0.15) is 27.7 Å². The zero-order chi connectivity index (χ0) is 12.5. The van der Waals surface area contributed by atoms with Gasteiger partial charge >= 0.3 is 0 Å². The summed E-state index contributed by atoms with van der Waals surface area (Å²) in [5.41, 5.74) is 0.301. The Hall–Kier alpha value is -0.610. The highest BCUT2D eigenvalue weighted by Crippen LogP contribution is 2.30. The fourth-order valence-electron chi connectivity index (χ4n) is 1.57. The fraction of sp³-hybridized carbons (Fsp3) is 0.455. The van der Waals surface area contributed by atoms with Gasteiger partial charge in [0.2, 0.25) is 5.91 Å². The van der Waals surface area contributed by atoms with Crippen LogP contribution in [-0.4, -0.2) is 16.4 Å². The highest BCUT2D eigenvalue weighted by atomic mass is 79.9. The summed E-state index contributed by atoms with van der Waals surface area (Å²) in [6.45, 7) is 7.37. The van der Waals surface area contributed by atoms with E-state index in [4.69, 9.17) is 11.6 Å². The van der Waals surface area contributed by atoms with Gasteiger partial charge in [-0.1, -0.05) is 11.6 Å². The van der Waals surface area contributed by atoms with Gasteiger partial charge in [0.15, 0.2) is 5.15 Å². The summed E-state index contributed by atoms with van der Waals surface area (Å²) in [4.78, 5) is 17.4. The van der Waals surface area contributed by atoms with Crippen molar-refractivity contribution in [2.24, 2.45) is 0 Å². The molecule has 0 aliphatic heterocycles. The lowest BCUT2D eigenvalue weighted by Gasteiger charge is -2.35. The molecule has 3 nitrogen and oxygen atoms in total. The smallest absolute Gasteiger partial charge is 0.224 e. The van der Waals surface area contributed by atoms with Gasteiger partial charge in [-0.05, 0) is 48.8 Å². The maximum atomic E-state index is 11.7. The molecule has 0 aromatic carbocycles. The van der Waals surface area contributed by atoms with Crippen molar-refractivity contribution in [2.75, 3.05) is 4.90 Å². The third-order valence-corrected chi connectivity index (χ3v) is 2.74. The molecule has 0 bridgehead atoms. The van der Waals surface area contributed by atoms with Gasteiger partial charge in [0.05, 0.1) is 5.69 Å². The maximum absolute atomic E-state index is 11.7. The third kappa shape index (κ3) is 2.95. The summed E-state index contributed by atoms with van der Waals surface area (Å²) in [7, 11) is 0. The molecule has 0 atom stereocenters. The fourth-order valence-corrected chi connectivity index (χ4v) is 2.23. The van der Waals surface area contributed by atoms with Gasteiger partial charge in [0.1, 0.15) is 4.60 Å². The van der Waals surface area contributed by atoms with Crippen molar-refractivity contribution in [3.8, 4) is 0 Å². The van der Waals surface area contributed by atoms with E-state index in [0.717, 1.165) is 0 Å². The average molecular weight is 306 g/mol. The minimum Gasteiger partial charge on any atom is -0.304 e. The van der Waals surface area contributed by atoms with Gasteiger partial charge in [-0.3, -0.25) is 4.79 Å².